The molecule has 0 fully saturated rings. The molecule has 3 rings (SSSR count). The fraction of sp³-hybridized carbons (Fsp3) is 0.286. The number of methoxy groups -OCH3 is 1. The Morgan fingerprint density at radius 3 is 2.13 bits per heavy atom. The number of carbonyl (C=O) groups excluding carboxylic acids is 2. The highest BCUT2D eigenvalue weighted by molar-refractivity contribution is 7.92. The monoisotopic (exact) mass is 591 g/mol. The second-order valence-electron chi connectivity index (χ2n) is 8.71. The molecular weight excluding hydrogens is 561 g/mol. The second kappa shape index (κ2) is 13.7. The maximum absolute atomic E-state index is 13.9. The molecule has 0 aliphatic carbocycles. The molecule has 2 amide bonds. The molecule has 0 saturated carbocycles. The number of benzene rings is 3. The molecule has 3 aromatic rings. The zero-order valence-corrected chi connectivity index (χ0v) is 24.3. The molecule has 0 heterocycles. The van der Waals surface area contributed by atoms with Crippen molar-refractivity contribution in [2.24, 2.45) is 0 Å². The van der Waals surface area contributed by atoms with Crippen LogP contribution in [0, 0.1) is 0 Å². The molecular formula is C28H31Cl2N3O5S. The molecule has 1 atom stereocenters. The Balaban J connectivity index is 2.05. The molecule has 3 aromatic carbocycles. The van der Waals surface area contributed by atoms with Gasteiger partial charge in [0.1, 0.15) is 18.3 Å². The number of carbonyl (C=O) groups is 2. The molecule has 0 aromatic heterocycles. The lowest BCUT2D eigenvalue weighted by Gasteiger charge is -2.32. The number of sulfonamides is 1. The van der Waals surface area contributed by atoms with Crippen LogP contribution >= 0.6 is 23.2 Å². The average molecular weight is 593 g/mol. The minimum absolute atomic E-state index is 0.0167. The Kier molecular flexibility index (Phi) is 10.6. The van der Waals surface area contributed by atoms with Crippen molar-refractivity contribution < 1.29 is 22.7 Å². The van der Waals surface area contributed by atoms with Crippen molar-refractivity contribution in [1.82, 2.24) is 10.2 Å². The minimum atomic E-state index is -4.16. The highest BCUT2D eigenvalue weighted by Crippen LogP contribution is 2.29. The highest BCUT2D eigenvalue weighted by Gasteiger charge is 2.33. The zero-order valence-electron chi connectivity index (χ0n) is 21.9. The van der Waals surface area contributed by atoms with E-state index < -0.39 is 28.5 Å². The van der Waals surface area contributed by atoms with Crippen LogP contribution in [0.15, 0.2) is 77.7 Å². The van der Waals surface area contributed by atoms with Crippen LogP contribution in [0.5, 0.6) is 5.75 Å². The Bertz CT molecular complexity index is 1370. The molecule has 0 spiro atoms. The maximum Gasteiger partial charge on any atom is 0.264 e. The topological polar surface area (TPSA) is 96.0 Å². The van der Waals surface area contributed by atoms with Crippen LogP contribution in [0.1, 0.15) is 25.8 Å². The van der Waals surface area contributed by atoms with E-state index in [-0.39, 0.29) is 23.0 Å². The van der Waals surface area contributed by atoms with E-state index in [0.717, 1.165) is 4.31 Å². The van der Waals surface area contributed by atoms with E-state index >= 15 is 0 Å². The fourth-order valence-corrected chi connectivity index (χ4v) is 5.78. The number of nitrogens with zero attached hydrogens (tertiary/aromatic N) is 2. The van der Waals surface area contributed by atoms with E-state index in [1.807, 2.05) is 6.92 Å². The number of rotatable bonds is 12. The van der Waals surface area contributed by atoms with Gasteiger partial charge < -0.3 is 15.0 Å². The Hall–Kier alpha value is -3.27. The van der Waals surface area contributed by atoms with E-state index in [1.165, 1.54) is 24.1 Å². The van der Waals surface area contributed by atoms with Crippen LogP contribution in [-0.4, -0.2) is 51.4 Å². The SMILES string of the molecule is CCCNC(=O)C(C)N(Cc1c(Cl)cccc1Cl)C(=O)CN(c1ccc(OC)cc1)S(=O)(=O)c1ccccc1. The Morgan fingerprint density at radius 1 is 0.949 bits per heavy atom. The van der Waals surface area contributed by atoms with Crippen LogP contribution in [0.4, 0.5) is 5.69 Å². The summed E-state index contributed by atoms with van der Waals surface area (Å²) in [6.45, 7) is 3.25. The van der Waals surface area contributed by atoms with Crippen molar-refractivity contribution in [1.29, 1.82) is 0 Å². The lowest BCUT2D eigenvalue weighted by Crippen LogP contribution is -2.51. The number of anilines is 1. The second-order valence-corrected chi connectivity index (χ2v) is 11.4. The molecule has 0 bridgehead atoms. The molecule has 1 N–H and O–H groups in total. The molecule has 11 heteroatoms. The van der Waals surface area contributed by atoms with E-state index in [0.29, 0.717) is 34.3 Å². The molecule has 0 aliphatic heterocycles. The smallest absolute Gasteiger partial charge is 0.264 e. The van der Waals surface area contributed by atoms with E-state index in [1.54, 1.807) is 67.6 Å². The highest BCUT2D eigenvalue weighted by atomic mass is 35.5. The van der Waals surface area contributed by atoms with Gasteiger partial charge in [-0.1, -0.05) is 54.4 Å². The first-order chi connectivity index (χ1) is 18.6. The molecule has 0 aliphatic rings. The van der Waals surface area contributed by atoms with Gasteiger partial charge in [-0.3, -0.25) is 13.9 Å². The van der Waals surface area contributed by atoms with Gasteiger partial charge in [0.2, 0.25) is 11.8 Å². The maximum atomic E-state index is 13.9. The third-order valence-corrected chi connectivity index (χ3v) is 8.57. The van der Waals surface area contributed by atoms with Crippen molar-refractivity contribution in [3.05, 3.63) is 88.4 Å². The number of halogens is 2. The average Bonchev–Trinajstić information content (AvgIpc) is 2.94. The quantitative estimate of drug-likeness (QED) is 0.314. The summed E-state index contributed by atoms with van der Waals surface area (Å²) in [5.74, 6) is -0.464. The van der Waals surface area contributed by atoms with Gasteiger partial charge in [0.15, 0.2) is 0 Å². The predicted octanol–water partition coefficient (Wildman–Crippen LogP) is 5.14. The first kappa shape index (κ1) is 30.3. The van der Waals surface area contributed by atoms with E-state index in [2.05, 4.69) is 5.32 Å². The molecule has 208 valence electrons. The van der Waals surface area contributed by atoms with Crippen LogP contribution in [0.2, 0.25) is 10.0 Å². The summed E-state index contributed by atoms with van der Waals surface area (Å²) < 4.78 is 33.7. The van der Waals surface area contributed by atoms with Gasteiger partial charge in [-0.2, -0.15) is 0 Å². The van der Waals surface area contributed by atoms with Crippen molar-refractivity contribution >= 4 is 50.7 Å². The van der Waals surface area contributed by atoms with Gasteiger partial charge in [0.25, 0.3) is 10.0 Å². The van der Waals surface area contributed by atoms with Gasteiger partial charge in [0, 0.05) is 28.7 Å². The van der Waals surface area contributed by atoms with Gasteiger partial charge in [-0.05, 0) is 61.9 Å². The van der Waals surface area contributed by atoms with Gasteiger partial charge >= 0.3 is 0 Å². The standard InChI is InChI=1S/C28H31Cl2N3O5S/c1-4-17-31-28(35)20(2)32(18-24-25(29)11-8-12-26(24)30)27(34)19-33(21-13-15-22(38-3)16-14-21)39(36,37)23-9-6-5-7-10-23/h5-16,20H,4,17-19H2,1-3H3,(H,31,35). The van der Waals surface area contributed by atoms with Gasteiger partial charge in [-0.25, -0.2) is 8.42 Å². The number of amides is 2. The number of hydrogen-bond acceptors (Lipinski definition) is 5. The lowest BCUT2D eigenvalue weighted by molar-refractivity contribution is -0.139. The minimum Gasteiger partial charge on any atom is -0.497 e. The van der Waals surface area contributed by atoms with E-state index in [4.69, 9.17) is 27.9 Å². The van der Waals surface area contributed by atoms with Crippen LogP contribution in [0.3, 0.4) is 0 Å². The van der Waals surface area contributed by atoms with Crippen molar-refractivity contribution in [3.63, 3.8) is 0 Å². The Labute approximate surface area is 239 Å². The number of nitrogens with one attached hydrogen (secondary N) is 1. The lowest BCUT2D eigenvalue weighted by atomic mass is 10.1. The third kappa shape index (κ3) is 7.44. The summed E-state index contributed by atoms with van der Waals surface area (Å²) >= 11 is 12.8. The predicted molar refractivity (Wildman–Crippen MR) is 154 cm³/mol. The van der Waals surface area contributed by atoms with Gasteiger partial charge in [-0.15, -0.1) is 0 Å². The molecule has 0 saturated heterocycles. The third-order valence-electron chi connectivity index (χ3n) is 6.08. The zero-order chi connectivity index (χ0) is 28.6. The normalized spacial score (nSPS) is 11.9. The van der Waals surface area contributed by atoms with Crippen LogP contribution in [-0.2, 0) is 26.2 Å². The van der Waals surface area contributed by atoms with E-state index in [9.17, 15) is 18.0 Å². The largest absolute Gasteiger partial charge is 0.497 e. The number of hydrogen-bond donors (Lipinski definition) is 1. The summed E-state index contributed by atoms with van der Waals surface area (Å²) in [6.07, 6.45) is 0.712. The summed E-state index contributed by atoms with van der Waals surface area (Å²) in [5.41, 5.74) is 0.707. The van der Waals surface area contributed by atoms with Gasteiger partial charge in [0.05, 0.1) is 17.7 Å². The molecule has 1 unspecified atom stereocenters. The molecule has 8 nitrogen and oxygen atoms in total. The first-order valence-corrected chi connectivity index (χ1v) is 14.5. The fourth-order valence-electron chi connectivity index (χ4n) is 3.83. The van der Waals surface area contributed by atoms with Crippen molar-refractivity contribution in [2.45, 2.75) is 37.8 Å². The summed E-state index contributed by atoms with van der Waals surface area (Å²) in [5, 5.41) is 3.44. The Morgan fingerprint density at radius 2 is 1.56 bits per heavy atom. The summed E-state index contributed by atoms with van der Waals surface area (Å²) in [4.78, 5) is 28.1. The van der Waals surface area contributed by atoms with Crippen molar-refractivity contribution in [3.8, 4) is 5.75 Å². The number of ether oxygens (including phenoxy) is 1. The van der Waals surface area contributed by atoms with Crippen molar-refractivity contribution in [2.75, 3.05) is 24.5 Å². The first-order valence-electron chi connectivity index (χ1n) is 12.3. The van der Waals surface area contributed by atoms with Crippen LogP contribution in [0.25, 0.3) is 0 Å². The summed E-state index contributed by atoms with van der Waals surface area (Å²) in [6, 6.07) is 18.2. The van der Waals surface area contributed by atoms with Crippen LogP contribution < -0.4 is 14.4 Å². The molecule has 39 heavy (non-hydrogen) atoms. The molecule has 0 radical (unpaired) electrons. The summed E-state index contributed by atoms with van der Waals surface area (Å²) in [7, 11) is -2.66.